The lowest BCUT2D eigenvalue weighted by atomic mass is 9.81. The van der Waals surface area contributed by atoms with E-state index in [4.69, 9.17) is 15.0 Å². The van der Waals surface area contributed by atoms with Crippen molar-refractivity contribution < 1.29 is 0 Å². The van der Waals surface area contributed by atoms with Crippen LogP contribution in [-0.4, -0.2) is 19.5 Å². The van der Waals surface area contributed by atoms with Crippen LogP contribution in [0.4, 0.5) is 0 Å². The molecule has 6 aromatic carbocycles. The van der Waals surface area contributed by atoms with Gasteiger partial charge >= 0.3 is 0 Å². The first kappa shape index (κ1) is 26.5. The molecular formula is C42H30N4. The van der Waals surface area contributed by atoms with Gasteiger partial charge in [-0.2, -0.15) is 0 Å². The highest BCUT2D eigenvalue weighted by atomic mass is 15.0. The van der Waals surface area contributed by atoms with E-state index in [1.807, 2.05) is 60.7 Å². The number of hydrogen-bond acceptors (Lipinski definition) is 3. The Morgan fingerprint density at radius 3 is 1.70 bits per heavy atom. The predicted octanol–water partition coefficient (Wildman–Crippen LogP) is 10.3. The van der Waals surface area contributed by atoms with Crippen molar-refractivity contribution in [3.63, 3.8) is 0 Å². The summed E-state index contributed by atoms with van der Waals surface area (Å²) in [6.07, 6.45) is 0. The summed E-state index contributed by atoms with van der Waals surface area (Å²) >= 11 is 0. The van der Waals surface area contributed by atoms with E-state index in [-0.39, 0.29) is 5.41 Å². The minimum atomic E-state index is -0.133. The van der Waals surface area contributed by atoms with Crippen molar-refractivity contribution >= 4 is 21.7 Å². The molecule has 0 bridgehead atoms. The highest BCUT2D eigenvalue weighted by Crippen LogP contribution is 2.54. The third-order valence-electron chi connectivity index (χ3n) is 9.42. The zero-order valence-electron chi connectivity index (χ0n) is 25.6. The lowest BCUT2D eigenvalue weighted by Crippen LogP contribution is -2.14. The fourth-order valence-electron chi connectivity index (χ4n) is 7.26. The van der Waals surface area contributed by atoms with Crippen molar-refractivity contribution in [1.29, 1.82) is 0 Å². The van der Waals surface area contributed by atoms with Gasteiger partial charge in [0.05, 0.1) is 11.2 Å². The van der Waals surface area contributed by atoms with Crippen LogP contribution in [0.3, 0.4) is 0 Å². The second-order valence-corrected chi connectivity index (χ2v) is 12.5. The van der Waals surface area contributed by atoms with E-state index >= 15 is 0 Å². The van der Waals surface area contributed by atoms with E-state index in [0.29, 0.717) is 17.5 Å². The average molecular weight is 591 g/mol. The highest BCUT2D eigenvalue weighted by molar-refractivity contribution is 6.13. The maximum absolute atomic E-state index is 4.95. The molecule has 0 N–H and O–H groups in total. The van der Waals surface area contributed by atoms with E-state index in [9.17, 15) is 0 Å². The molecule has 0 unspecified atom stereocenters. The number of fused-ring (bicyclic) bond motifs is 7. The summed E-state index contributed by atoms with van der Waals surface area (Å²) in [6.45, 7) is 4.73. The van der Waals surface area contributed by atoms with Crippen molar-refractivity contribution in [2.45, 2.75) is 19.3 Å². The number of benzene rings is 6. The van der Waals surface area contributed by atoms with Gasteiger partial charge in [0.2, 0.25) is 0 Å². The first-order valence-corrected chi connectivity index (χ1v) is 15.7. The molecule has 9 rings (SSSR count). The molecule has 0 atom stereocenters. The minimum Gasteiger partial charge on any atom is -0.309 e. The molecule has 1 aliphatic carbocycles. The smallest absolute Gasteiger partial charge is 0.164 e. The Morgan fingerprint density at radius 1 is 0.500 bits per heavy atom. The van der Waals surface area contributed by atoms with Crippen molar-refractivity contribution in [3.8, 4) is 51.1 Å². The van der Waals surface area contributed by atoms with E-state index in [2.05, 4.69) is 103 Å². The third kappa shape index (κ3) is 3.97. The molecule has 1 aliphatic rings. The standard InChI is InChI=1S/C42H30N4/c1-42(2)34-20-12-11-19-33(34)38-37(42)36-32-18-10-9-13-27(32)23-26-35(36)46(38)31-24-21-30(22-25-31)41-44-39(28-14-5-3-6-15-28)43-40(45-41)29-16-7-4-8-17-29/h3-26H,1-2H3. The number of nitrogens with zero attached hydrogens (tertiary/aromatic N) is 4. The molecule has 0 radical (unpaired) electrons. The maximum Gasteiger partial charge on any atom is 0.164 e. The zero-order chi connectivity index (χ0) is 30.8. The van der Waals surface area contributed by atoms with Crippen LogP contribution in [0.1, 0.15) is 25.0 Å². The quantitative estimate of drug-likeness (QED) is 0.205. The minimum absolute atomic E-state index is 0.133. The summed E-state index contributed by atoms with van der Waals surface area (Å²) in [5.41, 5.74) is 10.4. The normalized spacial score (nSPS) is 13.2. The Balaban J connectivity index is 1.25. The number of aromatic nitrogens is 4. The molecule has 0 spiro atoms. The monoisotopic (exact) mass is 590 g/mol. The van der Waals surface area contributed by atoms with Gasteiger partial charge in [0.1, 0.15) is 0 Å². The van der Waals surface area contributed by atoms with E-state index < -0.39 is 0 Å². The number of rotatable bonds is 4. The second-order valence-electron chi connectivity index (χ2n) is 12.5. The second kappa shape index (κ2) is 10.1. The molecule has 46 heavy (non-hydrogen) atoms. The van der Waals surface area contributed by atoms with Gasteiger partial charge in [-0.25, -0.2) is 15.0 Å². The molecule has 0 saturated carbocycles. The lowest BCUT2D eigenvalue weighted by molar-refractivity contribution is 0.666. The molecule has 0 saturated heterocycles. The van der Waals surface area contributed by atoms with Gasteiger partial charge in [0.25, 0.3) is 0 Å². The first-order valence-electron chi connectivity index (χ1n) is 15.7. The van der Waals surface area contributed by atoms with Crippen LogP contribution in [0.5, 0.6) is 0 Å². The molecule has 0 aliphatic heterocycles. The summed E-state index contributed by atoms with van der Waals surface area (Å²) in [5, 5.41) is 3.88. The van der Waals surface area contributed by atoms with Gasteiger partial charge in [-0.05, 0) is 52.2 Å². The molecule has 2 aromatic heterocycles. The van der Waals surface area contributed by atoms with Crippen LogP contribution >= 0.6 is 0 Å². The van der Waals surface area contributed by atoms with E-state index in [1.165, 1.54) is 44.1 Å². The van der Waals surface area contributed by atoms with Gasteiger partial charge in [0, 0.05) is 38.7 Å². The first-order chi connectivity index (χ1) is 22.6. The summed E-state index contributed by atoms with van der Waals surface area (Å²) in [7, 11) is 0. The molecule has 0 fully saturated rings. The summed E-state index contributed by atoms with van der Waals surface area (Å²) < 4.78 is 2.45. The van der Waals surface area contributed by atoms with Crippen molar-refractivity contribution in [2.24, 2.45) is 0 Å². The Labute approximate surface area is 267 Å². The van der Waals surface area contributed by atoms with Gasteiger partial charge in [0.15, 0.2) is 17.5 Å². The number of hydrogen-bond donors (Lipinski definition) is 0. The van der Waals surface area contributed by atoms with Crippen LogP contribution in [0.15, 0.2) is 146 Å². The van der Waals surface area contributed by atoms with Crippen molar-refractivity contribution in [1.82, 2.24) is 19.5 Å². The predicted molar refractivity (Wildman–Crippen MR) is 188 cm³/mol. The molecular weight excluding hydrogens is 560 g/mol. The van der Waals surface area contributed by atoms with Crippen LogP contribution < -0.4 is 0 Å². The van der Waals surface area contributed by atoms with Crippen LogP contribution in [0, 0.1) is 0 Å². The van der Waals surface area contributed by atoms with Gasteiger partial charge in [-0.15, -0.1) is 0 Å². The topological polar surface area (TPSA) is 43.6 Å². The summed E-state index contributed by atoms with van der Waals surface area (Å²) in [4.78, 5) is 14.8. The molecule has 2 heterocycles. The maximum atomic E-state index is 4.95. The Morgan fingerprint density at radius 2 is 1.04 bits per heavy atom. The molecule has 218 valence electrons. The Kier molecular flexibility index (Phi) is 5.81. The zero-order valence-corrected chi connectivity index (χ0v) is 25.6. The summed E-state index contributed by atoms with van der Waals surface area (Å²) in [5.74, 6) is 1.97. The van der Waals surface area contributed by atoms with Crippen LogP contribution in [-0.2, 0) is 5.41 Å². The fourth-order valence-corrected chi connectivity index (χ4v) is 7.26. The lowest BCUT2D eigenvalue weighted by Gasteiger charge is -2.21. The largest absolute Gasteiger partial charge is 0.309 e. The Bertz CT molecular complexity index is 2360. The average Bonchev–Trinajstić information content (AvgIpc) is 3.59. The molecule has 4 nitrogen and oxygen atoms in total. The summed E-state index contributed by atoms with van der Waals surface area (Å²) in [6, 6.07) is 51.1. The third-order valence-corrected chi connectivity index (χ3v) is 9.42. The van der Waals surface area contributed by atoms with Crippen LogP contribution in [0.2, 0.25) is 0 Å². The molecule has 0 amide bonds. The molecule has 4 heteroatoms. The van der Waals surface area contributed by atoms with Gasteiger partial charge < -0.3 is 4.57 Å². The van der Waals surface area contributed by atoms with E-state index in [0.717, 1.165) is 22.4 Å². The van der Waals surface area contributed by atoms with E-state index in [1.54, 1.807) is 0 Å². The van der Waals surface area contributed by atoms with Crippen molar-refractivity contribution in [3.05, 3.63) is 157 Å². The SMILES string of the molecule is CC1(C)c2ccccc2-c2c1c1c3ccccc3ccc1n2-c1ccc(-c2nc(-c3ccccc3)nc(-c3ccccc3)n2)cc1. The Hall–Kier alpha value is -5.87. The van der Waals surface area contributed by atoms with Gasteiger partial charge in [-0.3, -0.25) is 0 Å². The van der Waals surface area contributed by atoms with Crippen LogP contribution in [0.25, 0.3) is 72.8 Å². The fraction of sp³-hybridized carbons (Fsp3) is 0.0714. The highest BCUT2D eigenvalue weighted by Gasteiger charge is 2.40. The molecule has 8 aromatic rings. The van der Waals surface area contributed by atoms with Crippen molar-refractivity contribution in [2.75, 3.05) is 0 Å². The van der Waals surface area contributed by atoms with Gasteiger partial charge in [-0.1, -0.05) is 129 Å².